The quantitative estimate of drug-likeness (QED) is 0.116. The van der Waals surface area contributed by atoms with E-state index in [1.807, 2.05) is 0 Å². The summed E-state index contributed by atoms with van der Waals surface area (Å²) in [5.41, 5.74) is -0.305. The van der Waals surface area contributed by atoms with E-state index in [1.165, 1.54) is 56.1 Å². The first-order valence-electron chi connectivity index (χ1n) is 21.8. The van der Waals surface area contributed by atoms with Crippen LogP contribution in [0, 0.1) is 0 Å². The largest absolute Gasteiger partial charge is 0.454 e. The molecule has 4 aliphatic rings. The zero-order valence-electron chi connectivity index (χ0n) is 35.9. The van der Waals surface area contributed by atoms with Crippen molar-refractivity contribution >= 4 is 101 Å². The summed E-state index contributed by atoms with van der Waals surface area (Å²) in [6.45, 7) is 2.56. The third-order valence-electron chi connectivity index (χ3n) is 12.3. The number of halogens is 9. The maximum absolute atomic E-state index is 13.4. The fourth-order valence-corrected chi connectivity index (χ4v) is 11.6. The predicted molar refractivity (Wildman–Crippen MR) is 258 cm³/mol. The molecule has 0 radical (unpaired) electrons. The van der Waals surface area contributed by atoms with Gasteiger partial charge in [-0.15, -0.1) is 22.7 Å². The highest BCUT2D eigenvalue weighted by Gasteiger charge is 2.36. The monoisotopic (exact) mass is 1080 g/mol. The zero-order valence-corrected chi connectivity index (χ0v) is 40.7. The van der Waals surface area contributed by atoms with Gasteiger partial charge in [0, 0.05) is 65.2 Å². The number of likely N-dealkylation sites (tertiary alicyclic amines) is 2. The number of alkyl halides is 6. The molecule has 4 fully saturated rings. The number of hydrogen-bond acceptors (Lipinski definition) is 8. The van der Waals surface area contributed by atoms with Crippen molar-refractivity contribution < 1.29 is 46.0 Å². The molecular formula is C46H42BBrCl2F6N4O6S2. The number of amides is 2. The van der Waals surface area contributed by atoms with Gasteiger partial charge in [0.1, 0.15) is 13.1 Å². The van der Waals surface area contributed by atoms with Gasteiger partial charge >= 0.3 is 19.5 Å². The average Bonchev–Trinajstić information content (AvgIpc) is 4.01. The second-order valence-electron chi connectivity index (χ2n) is 17.2. The lowest BCUT2D eigenvalue weighted by atomic mass is 9.84. The zero-order chi connectivity index (χ0) is 48.8. The van der Waals surface area contributed by atoms with Crippen LogP contribution in [0.1, 0.15) is 74.0 Å². The number of pyridine rings is 2. The number of fused-ring (bicyclic) bond motifs is 2. The summed E-state index contributed by atoms with van der Waals surface area (Å²) in [6.07, 6.45) is 1.92. The van der Waals surface area contributed by atoms with Crippen molar-refractivity contribution in [2.24, 2.45) is 0 Å². The molecule has 0 unspecified atom stereocenters. The minimum Gasteiger partial charge on any atom is -0.427 e. The first-order valence-corrected chi connectivity index (χ1v) is 25.1. The van der Waals surface area contributed by atoms with E-state index in [4.69, 9.17) is 33.2 Å². The molecule has 2 saturated carbocycles. The Balaban J connectivity index is 0.000000164. The number of aromatic nitrogens is 2. The van der Waals surface area contributed by atoms with Crippen LogP contribution in [0.5, 0.6) is 0 Å². The van der Waals surface area contributed by atoms with Gasteiger partial charge in [-0.3, -0.25) is 19.2 Å². The fourth-order valence-electron chi connectivity index (χ4n) is 8.34. The summed E-state index contributed by atoms with van der Waals surface area (Å²) < 4.78 is 84.8. The second kappa shape index (κ2) is 20.3. The average molecular weight is 1090 g/mol. The fraction of sp³-hybridized carbons (Fsp3) is 0.391. The van der Waals surface area contributed by atoms with Crippen molar-refractivity contribution in [1.82, 2.24) is 18.9 Å². The highest BCUT2D eigenvalue weighted by molar-refractivity contribution is 9.10. The topological polar surface area (TPSA) is 125 Å². The third-order valence-corrected chi connectivity index (χ3v) is 15.9. The highest BCUT2D eigenvalue weighted by Crippen LogP contribution is 2.47. The van der Waals surface area contributed by atoms with Crippen LogP contribution in [0.3, 0.4) is 0 Å². The van der Waals surface area contributed by atoms with Gasteiger partial charge in [-0.05, 0) is 107 Å². The van der Waals surface area contributed by atoms with E-state index in [9.17, 15) is 45.5 Å². The van der Waals surface area contributed by atoms with E-state index in [2.05, 4.69) is 15.9 Å². The maximum atomic E-state index is 13.4. The SMILES string of the molecule is O=C(Cn1cc(Br)c2scc(-c3ccc(Cl)c(C(F)(F)F)c3)c2c1=O)N1CCCC1.O=C(Cn1cc(C2CC2)c2scc(-c3ccc(Cl)c(C(F)(F)F)c3)c2c1=O)N1CCCC1.OB(O)C1CC1. The molecule has 10 nitrogen and oxygen atoms in total. The van der Waals surface area contributed by atoms with Gasteiger partial charge in [0.25, 0.3) is 11.1 Å². The Morgan fingerprint density at radius 3 is 1.50 bits per heavy atom. The standard InChI is InChI=1S/C23H20ClF3N2O2S.C20H15BrClF3N2O2S.C3H7BO2/c24-18-6-5-14(9-17(18)23(25,26)27)16-12-32-21-15(13-3-4-13)10-29(22(31)20(16)21)11-19(30)28-7-1-2-8-28;21-14-8-27(9-16(28)26-5-1-2-6-26)19(29)17-12(10-30-18(14)17)11-3-4-15(22)13(7-11)20(23,24)25;5-4(6)3-1-2-3/h5-6,9-10,12-13H,1-4,7-8,11H2;3-4,7-8,10H,1-2,5-6,9H2;3,5-6H,1-2H2. The summed E-state index contributed by atoms with van der Waals surface area (Å²) in [6, 6.07) is 7.29. The molecule has 2 amide bonds. The Bertz CT molecular complexity index is 3010. The lowest BCUT2D eigenvalue weighted by molar-refractivity contribution is -0.138. The summed E-state index contributed by atoms with van der Waals surface area (Å²) in [4.78, 5) is 55.3. The molecule has 2 aromatic carbocycles. The van der Waals surface area contributed by atoms with E-state index < -0.39 is 41.2 Å². The third kappa shape index (κ3) is 11.1. The van der Waals surface area contributed by atoms with E-state index >= 15 is 0 Å². The summed E-state index contributed by atoms with van der Waals surface area (Å²) in [7, 11) is -1.04. The summed E-state index contributed by atoms with van der Waals surface area (Å²) >= 11 is 17.6. The van der Waals surface area contributed by atoms with E-state index in [0.717, 1.165) is 73.8 Å². The molecule has 360 valence electrons. The molecule has 6 heterocycles. The number of rotatable bonds is 8. The van der Waals surface area contributed by atoms with Crippen LogP contribution in [0.2, 0.25) is 15.9 Å². The number of hydrogen-bond donors (Lipinski definition) is 2. The molecule has 0 atom stereocenters. The lowest BCUT2D eigenvalue weighted by Gasteiger charge is -2.17. The molecule has 0 bridgehead atoms. The van der Waals surface area contributed by atoms with Crippen LogP contribution in [0.25, 0.3) is 42.4 Å². The minimum atomic E-state index is -4.61. The Morgan fingerprint density at radius 2 is 1.10 bits per heavy atom. The van der Waals surface area contributed by atoms with Crippen molar-refractivity contribution in [2.75, 3.05) is 26.2 Å². The van der Waals surface area contributed by atoms with E-state index in [-0.39, 0.29) is 57.8 Å². The molecule has 22 heteroatoms. The van der Waals surface area contributed by atoms with Crippen LogP contribution in [-0.4, -0.2) is 74.1 Å². The number of benzene rings is 2. The van der Waals surface area contributed by atoms with Crippen LogP contribution in [-0.2, 0) is 35.0 Å². The van der Waals surface area contributed by atoms with Gasteiger partial charge in [0.15, 0.2) is 0 Å². The van der Waals surface area contributed by atoms with Gasteiger partial charge in [-0.1, -0.05) is 48.2 Å². The number of nitrogens with zero attached hydrogens (tertiary/aromatic N) is 4. The Labute approximate surface area is 412 Å². The first kappa shape index (κ1) is 50.2. The van der Waals surface area contributed by atoms with Crippen molar-refractivity contribution in [1.29, 1.82) is 0 Å². The van der Waals surface area contributed by atoms with E-state index in [1.54, 1.807) is 33.0 Å². The Morgan fingerprint density at radius 1 is 0.676 bits per heavy atom. The number of carbonyl (C=O) groups excluding carboxylic acids is 2. The molecule has 4 aromatic heterocycles. The molecule has 2 saturated heterocycles. The van der Waals surface area contributed by atoms with E-state index in [0.29, 0.717) is 57.8 Å². The lowest BCUT2D eigenvalue weighted by Crippen LogP contribution is -2.34. The van der Waals surface area contributed by atoms with Gasteiger partial charge in [-0.25, -0.2) is 0 Å². The Kier molecular flexibility index (Phi) is 15.0. The number of carbonyl (C=O) groups is 2. The highest BCUT2D eigenvalue weighted by atomic mass is 79.9. The molecule has 68 heavy (non-hydrogen) atoms. The molecule has 2 N–H and O–H groups in total. The smallest absolute Gasteiger partial charge is 0.427 e. The van der Waals surface area contributed by atoms with Crippen molar-refractivity contribution in [3.63, 3.8) is 0 Å². The molecular weight excluding hydrogens is 1040 g/mol. The molecule has 2 aliphatic carbocycles. The summed E-state index contributed by atoms with van der Waals surface area (Å²) in [5.74, 6) is 0.274. The predicted octanol–water partition coefficient (Wildman–Crippen LogP) is 11.3. The van der Waals surface area contributed by atoms with Gasteiger partial charge in [0.2, 0.25) is 11.8 Å². The number of thiophene rings is 2. The first-order chi connectivity index (χ1) is 32.2. The minimum absolute atomic E-state index is 0.0573. The second-order valence-corrected chi connectivity index (χ2v) is 20.6. The van der Waals surface area contributed by atoms with Crippen molar-refractivity contribution in [3.8, 4) is 22.3 Å². The van der Waals surface area contributed by atoms with Crippen molar-refractivity contribution in [2.45, 2.75) is 88.5 Å². The van der Waals surface area contributed by atoms with Gasteiger partial charge in [0.05, 0.1) is 41.1 Å². The van der Waals surface area contributed by atoms with Crippen LogP contribution >= 0.6 is 61.8 Å². The van der Waals surface area contributed by atoms with Crippen LogP contribution < -0.4 is 11.1 Å². The molecule has 10 rings (SSSR count). The van der Waals surface area contributed by atoms with Crippen molar-refractivity contribution in [3.05, 3.63) is 111 Å². The summed E-state index contributed by atoms with van der Waals surface area (Å²) in [5, 5.41) is 19.7. The maximum Gasteiger partial charge on any atom is 0.454 e. The van der Waals surface area contributed by atoms with Crippen LogP contribution in [0.4, 0.5) is 26.3 Å². The van der Waals surface area contributed by atoms with Crippen LogP contribution in [0.15, 0.2) is 73.6 Å². The Hall–Kier alpha value is -4.18. The normalized spacial score (nSPS) is 16.2. The van der Waals surface area contributed by atoms with Gasteiger partial charge < -0.3 is 29.0 Å². The molecule has 6 aromatic rings. The molecule has 2 aliphatic heterocycles. The molecule has 0 spiro atoms. The van der Waals surface area contributed by atoms with Gasteiger partial charge in [-0.2, -0.15) is 26.3 Å².